The largest absolute Gasteiger partial charge is 0.478 e. The number of carbonyl (C=O) groups is 2. The van der Waals surface area contributed by atoms with E-state index in [0.717, 1.165) is 0 Å². The molecule has 1 heterocycles. The van der Waals surface area contributed by atoms with Crippen LogP contribution in [0.15, 0.2) is 18.5 Å². The fraction of sp³-hybridized carbons (Fsp3) is 0.364. The molecule has 0 unspecified atom stereocenters. The van der Waals surface area contributed by atoms with Gasteiger partial charge in [0.25, 0.3) is 0 Å². The lowest BCUT2D eigenvalue weighted by molar-refractivity contribution is 0.0696. The van der Waals surface area contributed by atoms with Gasteiger partial charge in [0.1, 0.15) is 0 Å². The first-order chi connectivity index (χ1) is 7.99. The minimum absolute atomic E-state index is 0.00617. The summed E-state index contributed by atoms with van der Waals surface area (Å²) in [5.41, 5.74) is 0.297. The van der Waals surface area contributed by atoms with Crippen LogP contribution in [-0.2, 0) is 4.74 Å². The number of pyridine rings is 1. The number of aromatic carboxylic acids is 1. The van der Waals surface area contributed by atoms with Gasteiger partial charge in [-0.25, -0.2) is 9.59 Å². The molecule has 1 rings (SSSR count). The van der Waals surface area contributed by atoms with Crippen molar-refractivity contribution >= 4 is 17.7 Å². The molecule has 2 N–H and O–H groups in total. The molecule has 6 heteroatoms. The van der Waals surface area contributed by atoms with Crippen molar-refractivity contribution < 1.29 is 19.4 Å². The summed E-state index contributed by atoms with van der Waals surface area (Å²) in [6, 6.07) is 1.31. The van der Waals surface area contributed by atoms with E-state index in [1.807, 2.05) is 13.8 Å². The van der Waals surface area contributed by atoms with Gasteiger partial charge in [0.15, 0.2) is 0 Å². The van der Waals surface area contributed by atoms with E-state index in [0.29, 0.717) is 12.3 Å². The Bertz CT molecular complexity index is 418. The lowest BCUT2D eigenvalue weighted by atomic mass is 10.2. The second kappa shape index (κ2) is 5.83. The average Bonchev–Trinajstić information content (AvgIpc) is 2.26. The van der Waals surface area contributed by atoms with Crippen LogP contribution in [0.2, 0.25) is 0 Å². The molecule has 1 aromatic rings. The number of aromatic nitrogens is 1. The van der Waals surface area contributed by atoms with Gasteiger partial charge in [-0.2, -0.15) is 0 Å². The Kier molecular flexibility index (Phi) is 4.45. The maximum atomic E-state index is 11.3. The minimum atomic E-state index is -1.10. The van der Waals surface area contributed by atoms with Gasteiger partial charge in [-0.05, 0) is 12.0 Å². The quantitative estimate of drug-likeness (QED) is 0.837. The number of ether oxygens (including phenoxy) is 1. The first kappa shape index (κ1) is 13.0. The molecule has 92 valence electrons. The number of hydrogen-bond acceptors (Lipinski definition) is 4. The van der Waals surface area contributed by atoms with Crippen LogP contribution in [0.5, 0.6) is 0 Å². The summed E-state index contributed by atoms with van der Waals surface area (Å²) in [6.07, 6.45) is 1.93. The van der Waals surface area contributed by atoms with Crippen molar-refractivity contribution in [3.63, 3.8) is 0 Å². The zero-order valence-electron chi connectivity index (χ0n) is 9.64. The maximum absolute atomic E-state index is 11.3. The third-order valence-electron chi connectivity index (χ3n) is 1.78. The van der Waals surface area contributed by atoms with E-state index in [1.54, 1.807) is 0 Å². The predicted octanol–water partition coefficient (Wildman–Crippen LogP) is 1.98. The molecule has 1 aromatic heterocycles. The average molecular weight is 238 g/mol. The Hall–Kier alpha value is -2.11. The zero-order valence-corrected chi connectivity index (χ0v) is 9.64. The van der Waals surface area contributed by atoms with Crippen molar-refractivity contribution in [2.24, 2.45) is 5.92 Å². The van der Waals surface area contributed by atoms with Gasteiger partial charge in [0, 0.05) is 6.20 Å². The van der Waals surface area contributed by atoms with Crippen LogP contribution < -0.4 is 5.32 Å². The molecule has 0 saturated heterocycles. The minimum Gasteiger partial charge on any atom is -0.478 e. The van der Waals surface area contributed by atoms with Crippen molar-refractivity contribution in [1.29, 1.82) is 0 Å². The summed E-state index contributed by atoms with van der Waals surface area (Å²) >= 11 is 0. The van der Waals surface area contributed by atoms with Gasteiger partial charge in [-0.3, -0.25) is 10.3 Å². The molecule has 0 bridgehead atoms. The molecular formula is C11H14N2O4. The van der Waals surface area contributed by atoms with E-state index in [2.05, 4.69) is 10.3 Å². The molecule has 0 saturated carbocycles. The molecular weight excluding hydrogens is 224 g/mol. The number of carboxylic acid groups (broad SMARTS) is 1. The van der Waals surface area contributed by atoms with Gasteiger partial charge in [-0.15, -0.1) is 0 Å². The number of carboxylic acids is 1. The highest BCUT2D eigenvalue weighted by molar-refractivity contribution is 5.90. The molecule has 0 aromatic carbocycles. The van der Waals surface area contributed by atoms with Crippen LogP contribution in [0.25, 0.3) is 0 Å². The first-order valence-corrected chi connectivity index (χ1v) is 5.11. The van der Waals surface area contributed by atoms with E-state index < -0.39 is 12.1 Å². The lowest BCUT2D eigenvalue weighted by Gasteiger charge is -2.08. The monoisotopic (exact) mass is 238 g/mol. The molecule has 6 nitrogen and oxygen atoms in total. The molecule has 17 heavy (non-hydrogen) atoms. The third kappa shape index (κ3) is 4.50. The van der Waals surface area contributed by atoms with Crippen molar-refractivity contribution in [1.82, 2.24) is 4.98 Å². The topological polar surface area (TPSA) is 88.5 Å². The number of nitrogens with one attached hydrogen (secondary N) is 1. The summed E-state index contributed by atoms with van der Waals surface area (Å²) in [6.45, 7) is 4.14. The number of hydrogen-bond donors (Lipinski definition) is 2. The number of carbonyl (C=O) groups excluding carboxylic acids is 1. The van der Waals surface area contributed by atoms with Crippen molar-refractivity contribution in [3.8, 4) is 0 Å². The number of anilines is 1. The molecule has 0 radical (unpaired) electrons. The summed E-state index contributed by atoms with van der Waals surface area (Å²) in [4.78, 5) is 25.7. The molecule has 0 atom stereocenters. The van der Waals surface area contributed by atoms with Crippen LogP contribution in [-0.4, -0.2) is 28.8 Å². The zero-order chi connectivity index (χ0) is 12.8. The van der Waals surface area contributed by atoms with Gasteiger partial charge < -0.3 is 9.84 Å². The van der Waals surface area contributed by atoms with E-state index in [9.17, 15) is 9.59 Å². The van der Waals surface area contributed by atoms with Crippen LogP contribution in [0, 0.1) is 5.92 Å². The molecule has 0 aliphatic rings. The Labute approximate surface area is 98.6 Å². The Morgan fingerprint density at radius 2 is 2.18 bits per heavy atom. The predicted molar refractivity (Wildman–Crippen MR) is 61.0 cm³/mol. The van der Waals surface area contributed by atoms with E-state index >= 15 is 0 Å². The second-order valence-electron chi connectivity index (χ2n) is 3.88. The van der Waals surface area contributed by atoms with Crippen LogP contribution >= 0.6 is 0 Å². The van der Waals surface area contributed by atoms with E-state index in [-0.39, 0.29) is 11.5 Å². The number of rotatable bonds is 4. The van der Waals surface area contributed by atoms with Crippen molar-refractivity contribution in [2.45, 2.75) is 13.8 Å². The van der Waals surface area contributed by atoms with Crippen LogP contribution in [0.3, 0.4) is 0 Å². The second-order valence-corrected chi connectivity index (χ2v) is 3.88. The molecule has 0 aliphatic carbocycles. The lowest BCUT2D eigenvalue weighted by Crippen LogP contribution is -2.17. The first-order valence-electron chi connectivity index (χ1n) is 5.11. The smallest absolute Gasteiger partial charge is 0.411 e. The van der Waals surface area contributed by atoms with Gasteiger partial charge in [0.05, 0.1) is 24.1 Å². The number of amides is 1. The Morgan fingerprint density at radius 3 is 2.76 bits per heavy atom. The van der Waals surface area contributed by atoms with Crippen molar-refractivity contribution in [2.75, 3.05) is 11.9 Å². The fourth-order valence-electron chi connectivity index (χ4n) is 1.02. The molecule has 0 spiro atoms. The van der Waals surface area contributed by atoms with Crippen LogP contribution in [0.1, 0.15) is 24.2 Å². The highest BCUT2D eigenvalue weighted by Gasteiger charge is 2.08. The summed E-state index contributed by atoms with van der Waals surface area (Å²) in [7, 11) is 0. The highest BCUT2D eigenvalue weighted by atomic mass is 16.5. The molecule has 1 amide bonds. The SMILES string of the molecule is CC(C)COC(=O)Nc1cncc(C(=O)O)c1. The summed E-state index contributed by atoms with van der Waals surface area (Å²) < 4.78 is 4.88. The van der Waals surface area contributed by atoms with Crippen molar-refractivity contribution in [3.05, 3.63) is 24.0 Å². The summed E-state index contributed by atoms with van der Waals surface area (Å²) in [5, 5.41) is 11.1. The van der Waals surface area contributed by atoms with Crippen LogP contribution in [0.4, 0.5) is 10.5 Å². The standard InChI is InChI=1S/C11H14N2O4/c1-7(2)6-17-11(16)13-9-3-8(10(14)15)4-12-5-9/h3-5,7H,6H2,1-2H3,(H,13,16)(H,14,15). The normalized spacial score (nSPS) is 10.1. The maximum Gasteiger partial charge on any atom is 0.411 e. The van der Waals surface area contributed by atoms with Gasteiger partial charge in [0.2, 0.25) is 0 Å². The molecule has 0 aliphatic heterocycles. The fourth-order valence-corrected chi connectivity index (χ4v) is 1.02. The molecule has 0 fully saturated rings. The highest BCUT2D eigenvalue weighted by Crippen LogP contribution is 2.09. The number of nitrogens with zero attached hydrogens (tertiary/aromatic N) is 1. The van der Waals surface area contributed by atoms with Gasteiger partial charge >= 0.3 is 12.1 Å². The Morgan fingerprint density at radius 1 is 1.47 bits per heavy atom. The van der Waals surface area contributed by atoms with Gasteiger partial charge in [-0.1, -0.05) is 13.8 Å². The Balaban J connectivity index is 2.59. The van der Waals surface area contributed by atoms with E-state index in [4.69, 9.17) is 9.84 Å². The summed E-state index contributed by atoms with van der Waals surface area (Å²) in [5.74, 6) is -0.860. The third-order valence-corrected chi connectivity index (χ3v) is 1.78. The van der Waals surface area contributed by atoms with E-state index in [1.165, 1.54) is 18.5 Å².